The van der Waals surface area contributed by atoms with Crippen LogP contribution >= 0.6 is 11.3 Å². The van der Waals surface area contributed by atoms with Gasteiger partial charge in [0.15, 0.2) is 5.13 Å². The van der Waals surface area contributed by atoms with Crippen molar-refractivity contribution in [1.29, 1.82) is 0 Å². The predicted molar refractivity (Wildman–Crippen MR) is 101 cm³/mol. The van der Waals surface area contributed by atoms with Gasteiger partial charge >= 0.3 is 0 Å². The minimum atomic E-state index is -0.152. The number of aromatic amines is 1. The highest BCUT2D eigenvalue weighted by molar-refractivity contribution is 7.13. The summed E-state index contributed by atoms with van der Waals surface area (Å²) >= 11 is 1.60. The van der Waals surface area contributed by atoms with Gasteiger partial charge in [0, 0.05) is 29.4 Å². The third-order valence-corrected chi connectivity index (χ3v) is 5.27. The van der Waals surface area contributed by atoms with Crippen LogP contribution in [0.15, 0.2) is 29.6 Å². The molecule has 1 amide bonds. The quantitative estimate of drug-likeness (QED) is 0.719. The number of amides is 1. The monoisotopic (exact) mass is 372 g/mol. The smallest absolute Gasteiger partial charge is 0.268 e. The van der Waals surface area contributed by atoms with Crippen LogP contribution in [-0.4, -0.2) is 49.3 Å². The molecule has 26 heavy (non-hydrogen) atoms. The van der Waals surface area contributed by atoms with E-state index >= 15 is 0 Å². The molecule has 3 heterocycles. The van der Waals surface area contributed by atoms with Crippen molar-refractivity contribution in [2.75, 3.05) is 38.3 Å². The van der Waals surface area contributed by atoms with Crippen molar-refractivity contribution in [2.45, 2.75) is 6.54 Å². The molecule has 0 atom stereocenters. The minimum Gasteiger partial charge on any atom is -0.497 e. The molecule has 0 spiro atoms. The normalized spacial score (nSPS) is 14.6. The van der Waals surface area contributed by atoms with Gasteiger partial charge in [0.1, 0.15) is 11.4 Å². The van der Waals surface area contributed by atoms with Crippen molar-refractivity contribution in [3.8, 4) is 5.75 Å². The molecule has 1 saturated heterocycles. The molecule has 0 radical (unpaired) electrons. The van der Waals surface area contributed by atoms with Crippen molar-refractivity contribution in [2.24, 2.45) is 0 Å². The van der Waals surface area contributed by atoms with E-state index in [4.69, 9.17) is 9.47 Å². The number of ether oxygens (including phenoxy) is 2. The van der Waals surface area contributed by atoms with Crippen molar-refractivity contribution in [1.82, 2.24) is 15.3 Å². The summed E-state index contributed by atoms with van der Waals surface area (Å²) < 4.78 is 10.6. The zero-order valence-corrected chi connectivity index (χ0v) is 15.3. The van der Waals surface area contributed by atoms with Crippen molar-refractivity contribution < 1.29 is 14.3 Å². The number of hydrogen-bond acceptors (Lipinski definition) is 6. The van der Waals surface area contributed by atoms with Crippen LogP contribution in [0.5, 0.6) is 5.75 Å². The van der Waals surface area contributed by atoms with Gasteiger partial charge in [-0.1, -0.05) is 0 Å². The van der Waals surface area contributed by atoms with Gasteiger partial charge in [0.25, 0.3) is 5.91 Å². The van der Waals surface area contributed by atoms with Crippen LogP contribution in [0.4, 0.5) is 5.13 Å². The molecule has 0 bridgehead atoms. The van der Waals surface area contributed by atoms with E-state index in [9.17, 15) is 4.79 Å². The molecule has 1 aromatic carbocycles. The summed E-state index contributed by atoms with van der Waals surface area (Å²) in [5.41, 5.74) is 2.29. The number of thiazole rings is 1. The van der Waals surface area contributed by atoms with Crippen molar-refractivity contribution in [3.05, 3.63) is 41.0 Å². The van der Waals surface area contributed by atoms with Crippen LogP contribution in [0.25, 0.3) is 10.9 Å². The summed E-state index contributed by atoms with van der Waals surface area (Å²) in [6, 6.07) is 7.49. The SMILES string of the molecule is COc1ccc2[nH]c(C(=O)NCc3csc(N4CCOCC4)n3)cc2c1. The molecule has 0 saturated carbocycles. The lowest BCUT2D eigenvalue weighted by Crippen LogP contribution is -2.36. The van der Waals surface area contributed by atoms with Crippen LogP contribution < -0.4 is 15.0 Å². The maximum absolute atomic E-state index is 12.4. The van der Waals surface area contributed by atoms with Crippen LogP contribution in [-0.2, 0) is 11.3 Å². The third kappa shape index (κ3) is 3.51. The first-order valence-electron chi connectivity index (χ1n) is 8.45. The lowest BCUT2D eigenvalue weighted by molar-refractivity contribution is 0.0946. The average Bonchev–Trinajstić information content (AvgIpc) is 3.33. The second-order valence-electron chi connectivity index (χ2n) is 6.04. The number of morpholine rings is 1. The van der Waals surface area contributed by atoms with E-state index in [1.54, 1.807) is 18.4 Å². The Hall–Kier alpha value is -2.58. The summed E-state index contributed by atoms with van der Waals surface area (Å²) in [6.45, 7) is 3.58. The van der Waals surface area contributed by atoms with Crippen LogP contribution in [0.3, 0.4) is 0 Å². The van der Waals surface area contributed by atoms with Gasteiger partial charge in [-0.3, -0.25) is 4.79 Å². The summed E-state index contributed by atoms with van der Waals surface area (Å²) in [4.78, 5) is 22.4. The topological polar surface area (TPSA) is 79.5 Å². The number of rotatable bonds is 5. The number of benzene rings is 1. The molecule has 136 valence electrons. The fourth-order valence-electron chi connectivity index (χ4n) is 2.90. The molecule has 0 aliphatic carbocycles. The first-order valence-corrected chi connectivity index (χ1v) is 9.33. The van der Waals surface area contributed by atoms with Crippen LogP contribution in [0, 0.1) is 0 Å². The Balaban J connectivity index is 1.40. The largest absolute Gasteiger partial charge is 0.497 e. The van der Waals surface area contributed by atoms with Crippen LogP contribution in [0.1, 0.15) is 16.2 Å². The standard InChI is InChI=1S/C18H20N4O3S/c1-24-14-2-3-15-12(8-14)9-16(21-15)17(23)19-10-13-11-26-18(20-13)22-4-6-25-7-5-22/h2-3,8-9,11,21H,4-7,10H2,1H3,(H,19,23). The molecule has 0 unspecified atom stereocenters. The van der Waals surface area contributed by atoms with Gasteiger partial charge in [0.2, 0.25) is 0 Å². The first-order chi connectivity index (χ1) is 12.7. The van der Waals surface area contributed by atoms with Crippen molar-refractivity contribution in [3.63, 3.8) is 0 Å². The summed E-state index contributed by atoms with van der Waals surface area (Å²) in [5, 5.41) is 6.83. The lowest BCUT2D eigenvalue weighted by Gasteiger charge is -2.26. The van der Waals surface area contributed by atoms with E-state index in [-0.39, 0.29) is 5.91 Å². The molecule has 3 aromatic rings. The molecule has 8 heteroatoms. The number of carbonyl (C=O) groups excluding carboxylic acids is 1. The maximum atomic E-state index is 12.4. The molecule has 1 fully saturated rings. The number of hydrogen-bond donors (Lipinski definition) is 2. The van der Waals surface area contributed by atoms with Gasteiger partial charge in [-0.05, 0) is 24.3 Å². The number of methoxy groups -OCH3 is 1. The summed E-state index contributed by atoms with van der Waals surface area (Å²) in [7, 11) is 1.63. The van der Waals surface area contributed by atoms with E-state index < -0.39 is 0 Å². The second-order valence-corrected chi connectivity index (χ2v) is 6.88. The predicted octanol–water partition coefficient (Wildman–Crippen LogP) is 2.40. The zero-order valence-electron chi connectivity index (χ0n) is 14.4. The Morgan fingerprint density at radius 3 is 3.04 bits per heavy atom. The number of nitrogens with zero attached hydrogens (tertiary/aromatic N) is 2. The molecule has 2 N–H and O–H groups in total. The minimum absolute atomic E-state index is 0.152. The Bertz CT molecular complexity index is 914. The Morgan fingerprint density at radius 2 is 2.23 bits per heavy atom. The highest BCUT2D eigenvalue weighted by Crippen LogP contribution is 2.23. The average molecular weight is 372 g/mol. The number of anilines is 1. The van der Waals surface area contributed by atoms with E-state index in [0.29, 0.717) is 12.2 Å². The Kier molecular flexibility index (Phi) is 4.77. The number of carbonyl (C=O) groups is 1. The third-order valence-electron chi connectivity index (χ3n) is 4.32. The van der Waals surface area contributed by atoms with E-state index in [2.05, 4.69) is 20.2 Å². The lowest BCUT2D eigenvalue weighted by atomic mass is 10.2. The number of aromatic nitrogens is 2. The molecule has 2 aromatic heterocycles. The highest BCUT2D eigenvalue weighted by Gasteiger charge is 2.15. The van der Waals surface area contributed by atoms with Gasteiger partial charge in [0.05, 0.1) is 32.6 Å². The van der Waals surface area contributed by atoms with Gasteiger partial charge < -0.3 is 24.7 Å². The number of nitrogens with one attached hydrogen (secondary N) is 2. The summed E-state index contributed by atoms with van der Waals surface area (Å²) in [5.74, 6) is 0.614. The van der Waals surface area contributed by atoms with Gasteiger partial charge in [-0.25, -0.2) is 4.98 Å². The van der Waals surface area contributed by atoms with E-state index in [1.807, 2.05) is 29.6 Å². The molecule has 4 rings (SSSR count). The summed E-state index contributed by atoms with van der Waals surface area (Å²) in [6.07, 6.45) is 0. The maximum Gasteiger partial charge on any atom is 0.268 e. The molecular weight excluding hydrogens is 352 g/mol. The molecular formula is C18H20N4O3S. The van der Waals surface area contributed by atoms with Gasteiger partial charge in [-0.15, -0.1) is 11.3 Å². The highest BCUT2D eigenvalue weighted by atomic mass is 32.1. The van der Waals surface area contributed by atoms with Crippen LogP contribution in [0.2, 0.25) is 0 Å². The molecule has 1 aliphatic heterocycles. The fraction of sp³-hybridized carbons (Fsp3) is 0.333. The fourth-order valence-corrected chi connectivity index (χ4v) is 3.78. The van der Waals surface area contributed by atoms with Crippen molar-refractivity contribution >= 4 is 33.3 Å². The molecule has 7 nitrogen and oxygen atoms in total. The second kappa shape index (κ2) is 7.35. The van der Waals surface area contributed by atoms with E-state index in [1.165, 1.54) is 0 Å². The van der Waals surface area contributed by atoms with Gasteiger partial charge in [-0.2, -0.15) is 0 Å². The molecule has 1 aliphatic rings. The Labute approximate surface area is 154 Å². The first kappa shape index (κ1) is 16.9. The Morgan fingerprint density at radius 1 is 1.38 bits per heavy atom. The zero-order chi connectivity index (χ0) is 17.9. The number of H-pyrrole nitrogens is 1. The van der Waals surface area contributed by atoms with E-state index in [0.717, 1.165) is 53.8 Å². The number of fused-ring (bicyclic) bond motifs is 1.